The molecule has 3 rings (SSSR count). The molecule has 3 heteroatoms. The van der Waals surface area contributed by atoms with Gasteiger partial charge in [0.15, 0.2) is 0 Å². The number of aliphatic hydroxyl groups excluding tert-OH is 1. The van der Waals surface area contributed by atoms with Gasteiger partial charge in [0.2, 0.25) is 0 Å². The normalized spacial score (nSPS) is 29.4. The largest absolute Gasteiger partial charge is 0.508 e. The molecule has 22 heavy (non-hydrogen) atoms. The van der Waals surface area contributed by atoms with Crippen molar-refractivity contribution in [2.45, 2.75) is 76.9 Å². The van der Waals surface area contributed by atoms with Crippen molar-refractivity contribution < 1.29 is 14.9 Å². The number of aliphatic hydroxyl groups is 1. The van der Waals surface area contributed by atoms with Crippen molar-refractivity contribution in [2.75, 3.05) is 0 Å². The van der Waals surface area contributed by atoms with E-state index in [1.165, 1.54) is 0 Å². The molecule has 122 valence electrons. The molecule has 2 aliphatic rings. The first-order valence-electron chi connectivity index (χ1n) is 8.65. The van der Waals surface area contributed by atoms with Gasteiger partial charge in [0.25, 0.3) is 0 Å². The van der Waals surface area contributed by atoms with Crippen LogP contribution in [-0.4, -0.2) is 21.9 Å². The maximum Gasteiger partial charge on any atom is 0.127 e. The van der Waals surface area contributed by atoms with Crippen LogP contribution in [0.1, 0.15) is 69.9 Å². The van der Waals surface area contributed by atoms with Gasteiger partial charge in [-0.05, 0) is 63.6 Å². The quantitative estimate of drug-likeness (QED) is 0.882. The zero-order valence-corrected chi connectivity index (χ0v) is 13.9. The fourth-order valence-electron chi connectivity index (χ4n) is 4.31. The van der Waals surface area contributed by atoms with Crippen LogP contribution in [0.2, 0.25) is 0 Å². The molecule has 0 aromatic heterocycles. The van der Waals surface area contributed by atoms with Gasteiger partial charge < -0.3 is 14.9 Å². The first-order valence-corrected chi connectivity index (χ1v) is 8.65. The number of unbranched alkanes of at least 4 members (excludes halogenated alkanes) is 1. The Labute approximate surface area is 133 Å². The molecule has 1 aliphatic heterocycles. The topological polar surface area (TPSA) is 49.7 Å². The lowest BCUT2D eigenvalue weighted by Gasteiger charge is -2.48. The Morgan fingerprint density at radius 3 is 2.77 bits per heavy atom. The van der Waals surface area contributed by atoms with Crippen molar-refractivity contribution in [3.05, 3.63) is 23.3 Å². The van der Waals surface area contributed by atoms with E-state index in [9.17, 15) is 10.2 Å². The Hall–Kier alpha value is -1.22. The van der Waals surface area contributed by atoms with Gasteiger partial charge in [-0.25, -0.2) is 0 Å². The standard InChI is InChI=1S/C19H28O3/c1-4-5-6-12-9-16(21)18-14-11-13(20)7-8-15(14)19(2,3)22-17(18)10-12/h9-10,13-15,20-21H,4-8,11H2,1-3H3. The SMILES string of the molecule is CCCCc1cc(O)c2c(c1)OC(C)(C)C1CCC(O)CC21. The number of phenols is 1. The fraction of sp³-hybridized carbons (Fsp3) is 0.684. The number of benzene rings is 1. The molecule has 0 amide bonds. The van der Waals surface area contributed by atoms with Gasteiger partial charge in [0, 0.05) is 17.4 Å². The number of fused-ring (bicyclic) bond motifs is 3. The molecule has 0 bridgehead atoms. The third-order valence-corrected chi connectivity index (χ3v) is 5.46. The molecule has 0 saturated heterocycles. The Kier molecular flexibility index (Phi) is 4.11. The van der Waals surface area contributed by atoms with Crippen molar-refractivity contribution in [1.29, 1.82) is 0 Å². The number of aromatic hydroxyl groups is 1. The van der Waals surface area contributed by atoms with Gasteiger partial charge in [0.1, 0.15) is 17.1 Å². The summed E-state index contributed by atoms with van der Waals surface area (Å²) in [7, 11) is 0. The lowest BCUT2D eigenvalue weighted by Crippen LogP contribution is -2.47. The van der Waals surface area contributed by atoms with E-state index in [4.69, 9.17) is 4.74 Å². The number of rotatable bonds is 3. The van der Waals surface area contributed by atoms with E-state index in [2.05, 4.69) is 26.8 Å². The smallest absolute Gasteiger partial charge is 0.127 e. The van der Waals surface area contributed by atoms with Crippen LogP contribution in [0, 0.1) is 5.92 Å². The van der Waals surface area contributed by atoms with Gasteiger partial charge >= 0.3 is 0 Å². The van der Waals surface area contributed by atoms with Crippen LogP contribution in [0.15, 0.2) is 12.1 Å². The Bertz CT molecular complexity index is 550. The summed E-state index contributed by atoms with van der Waals surface area (Å²) in [6, 6.07) is 4.00. The maximum absolute atomic E-state index is 10.6. The third-order valence-electron chi connectivity index (χ3n) is 5.46. The van der Waals surface area contributed by atoms with Crippen LogP contribution in [0.25, 0.3) is 0 Å². The highest BCUT2D eigenvalue weighted by Gasteiger charge is 2.47. The second-order valence-corrected chi connectivity index (χ2v) is 7.52. The summed E-state index contributed by atoms with van der Waals surface area (Å²) >= 11 is 0. The zero-order chi connectivity index (χ0) is 15.9. The average molecular weight is 304 g/mol. The minimum atomic E-state index is -0.262. The van der Waals surface area contributed by atoms with Crippen LogP contribution in [0.4, 0.5) is 0 Å². The second-order valence-electron chi connectivity index (χ2n) is 7.52. The molecule has 3 atom stereocenters. The van der Waals surface area contributed by atoms with Gasteiger partial charge in [0.05, 0.1) is 6.10 Å². The molecule has 2 N–H and O–H groups in total. The molecule has 3 nitrogen and oxygen atoms in total. The molecule has 1 saturated carbocycles. The van der Waals surface area contributed by atoms with E-state index in [-0.39, 0.29) is 17.6 Å². The van der Waals surface area contributed by atoms with E-state index in [1.807, 2.05) is 6.07 Å². The number of phenolic OH excluding ortho intramolecular Hbond substituents is 1. The monoisotopic (exact) mass is 304 g/mol. The van der Waals surface area contributed by atoms with Gasteiger partial charge in [-0.1, -0.05) is 13.3 Å². The highest BCUT2D eigenvalue weighted by molar-refractivity contribution is 5.52. The predicted molar refractivity (Wildman–Crippen MR) is 87.5 cm³/mol. The number of hydrogen-bond donors (Lipinski definition) is 2. The first kappa shape index (κ1) is 15.7. The molecule has 1 fully saturated rings. The summed E-state index contributed by atoms with van der Waals surface area (Å²) in [4.78, 5) is 0. The highest BCUT2D eigenvalue weighted by Crippen LogP contribution is 2.54. The number of hydrogen-bond acceptors (Lipinski definition) is 3. The van der Waals surface area contributed by atoms with Gasteiger partial charge in [-0.2, -0.15) is 0 Å². The molecule has 1 aliphatic carbocycles. The Morgan fingerprint density at radius 2 is 2.05 bits per heavy atom. The first-order chi connectivity index (χ1) is 10.4. The summed E-state index contributed by atoms with van der Waals surface area (Å²) < 4.78 is 6.28. The minimum Gasteiger partial charge on any atom is -0.508 e. The lowest BCUT2D eigenvalue weighted by molar-refractivity contribution is -0.0317. The fourth-order valence-corrected chi connectivity index (χ4v) is 4.31. The van der Waals surface area contributed by atoms with Crippen molar-refractivity contribution in [3.63, 3.8) is 0 Å². The van der Waals surface area contributed by atoms with Crippen LogP contribution < -0.4 is 4.74 Å². The van der Waals surface area contributed by atoms with Crippen LogP contribution in [-0.2, 0) is 6.42 Å². The third kappa shape index (κ3) is 2.71. The van der Waals surface area contributed by atoms with E-state index in [1.54, 1.807) is 0 Å². The summed E-state index contributed by atoms with van der Waals surface area (Å²) in [6.07, 6.45) is 5.48. The minimum absolute atomic E-state index is 0.197. The lowest BCUT2D eigenvalue weighted by atomic mass is 9.66. The molecule has 1 aromatic rings. The average Bonchev–Trinajstić information content (AvgIpc) is 2.43. The Morgan fingerprint density at radius 1 is 1.27 bits per heavy atom. The molecule has 1 aromatic carbocycles. The van der Waals surface area contributed by atoms with Gasteiger partial charge in [-0.15, -0.1) is 0 Å². The zero-order valence-electron chi connectivity index (χ0n) is 13.9. The number of ether oxygens (including phenoxy) is 1. The summed E-state index contributed by atoms with van der Waals surface area (Å²) in [5.41, 5.74) is 1.82. The van der Waals surface area contributed by atoms with Crippen LogP contribution in [0.3, 0.4) is 0 Å². The van der Waals surface area contributed by atoms with Crippen molar-refractivity contribution in [3.8, 4) is 11.5 Å². The highest BCUT2D eigenvalue weighted by atomic mass is 16.5. The van der Waals surface area contributed by atoms with E-state index < -0.39 is 0 Å². The maximum atomic E-state index is 10.6. The van der Waals surface area contributed by atoms with Crippen molar-refractivity contribution in [1.82, 2.24) is 0 Å². The Balaban J connectivity index is 2.01. The van der Waals surface area contributed by atoms with Crippen LogP contribution in [0.5, 0.6) is 11.5 Å². The molecular formula is C19H28O3. The molecule has 1 heterocycles. The van der Waals surface area contributed by atoms with E-state index >= 15 is 0 Å². The van der Waals surface area contributed by atoms with Crippen molar-refractivity contribution >= 4 is 0 Å². The van der Waals surface area contributed by atoms with E-state index in [0.29, 0.717) is 11.7 Å². The van der Waals surface area contributed by atoms with E-state index in [0.717, 1.165) is 55.4 Å². The summed E-state index contributed by atoms with van der Waals surface area (Å²) in [5.74, 6) is 1.73. The summed E-state index contributed by atoms with van der Waals surface area (Å²) in [5, 5.41) is 20.7. The van der Waals surface area contributed by atoms with Crippen molar-refractivity contribution in [2.24, 2.45) is 5.92 Å². The number of aryl methyl sites for hydroxylation is 1. The molecule has 3 unspecified atom stereocenters. The predicted octanol–water partition coefficient (Wildman–Crippen LogP) is 4.15. The van der Waals surface area contributed by atoms with Gasteiger partial charge in [-0.3, -0.25) is 0 Å². The second kappa shape index (κ2) is 5.77. The summed E-state index contributed by atoms with van der Waals surface area (Å²) in [6.45, 7) is 6.45. The molecular weight excluding hydrogens is 276 g/mol. The molecule has 0 radical (unpaired) electrons. The van der Waals surface area contributed by atoms with Crippen LogP contribution >= 0.6 is 0 Å². The molecule has 0 spiro atoms.